The maximum absolute atomic E-state index is 11.6. The van der Waals surface area contributed by atoms with Gasteiger partial charge in [-0.05, 0) is 23.8 Å². The van der Waals surface area contributed by atoms with E-state index in [0.29, 0.717) is 5.56 Å². The summed E-state index contributed by atoms with van der Waals surface area (Å²) in [5, 5.41) is 8.98. The van der Waals surface area contributed by atoms with Gasteiger partial charge in [0.05, 0.1) is 7.11 Å². The van der Waals surface area contributed by atoms with Crippen molar-refractivity contribution >= 4 is 23.7 Å². The number of carbonyl (C=O) groups excluding carboxylic acids is 2. The van der Waals surface area contributed by atoms with Crippen LogP contribution in [0.2, 0.25) is 0 Å². The highest BCUT2D eigenvalue weighted by atomic mass is 16.6. The normalized spacial score (nSPS) is 10.5. The largest absolute Gasteiger partial charge is 0.466 e. The molecule has 0 aromatic heterocycles. The molecule has 0 radical (unpaired) electrons. The Morgan fingerprint density at radius 2 is 1.90 bits per heavy atom. The maximum atomic E-state index is 11.6. The molecule has 0 fully saturated rings. The van der Waals surface area contributed by atoms with Crippen molar-refractivity contribution in [3.63, 3.8) is 0 Å². The molecule has 0 saturated heterocycles. The number of nitriles is 1. The molecule has 0 spiro atoms. The van der Waals surface area contributed by atoms with Crippen LogP contribution in [0, 0.1) is 11.3 Å². The summed E-state index contributed by atoms with van der Waals surface area (Å²) >= 11 is 0. The SMILES string of the molecule is COC(=O)COC(=O)/C(C#N)=C/c1ccc(N(C)C)cc1. The van der Waals surface area contributed by atoms with Gasteiger partial charge in [-0.25, -0.2) is 9.59 Å². The molecular weight excluding hydrogens is 272 g/mol. The molecule has 6 nitrogen and oxygen atoms in total. The summed E-state index contributed by atoms with van der Waals surface area (Å²) < 4.78 is 9.01. The molecule has 0 amide bonds. The molecule has 0 saturated carbocycles. The van der Waals surface area contributed by atoms with Crippen molar-refractivity contribution in [3.8, 4) is 6.07 Å². The van der Waals surface area contributed by atoms with Crippen LogP contribution in [-0.4, -0.2) is 39.8 Å². The molecule has 0 heterocycles. The predicted octanol–water partition coefficient (Wildman–Crippen LogP) is 1.38. The number of esters is 2. The van der Waals surface area contributed by atoms with Crippen molar-refractivity contribution in [2.45, 2.75) is 0 Å². The molecule has 0 aliphatic carbocycles. The van der Waals surface area contributed by atoms with E-state index in [1.807, 2.05) is 31.1 Å². The van der Waals surface area contributed by atoms with E-state index in [1.165, 1.54) is 13.2 Å². The molecule has 0 aliphatic heterocycles. The first-order valence-electron chi connectivity index (χ1n) is 6.11. The number of nitrogens with zero attached hydrogens (tertiary/aromatic N) is 2. The fourth-order valence-corrected chi connectivity index (χ4v) is 1.43. The third-order valence-corrected chi connectivity index (χ3v) is 2.61. The van der Waals surface area contributed by atoms with Gasteiger partial charge >= 0.3 is 11.9 Å². The lowest BCUT2D eigenvalue weighted by atomic mass is 10.1. The first-order valence-corrected chi connectivity index (χ1v) is 6.11. The third-order valence-electron chi connectivity index (χ3n) is 2.61. The minimum absolute atomic E-state index is 0.184. The second-order valence-electron chi connectivity index (χ2n) is 4.31. The highest BCUT2D eigenvalue weighted by Crippen LogP contribution is 2.15. The van der Waals surface area contributed by atoms with Crippen molar-refractivity contribution in [2.75, 3.05) is 32.7 Å². The number of benzene rings is 1. The van der Waals surface area contributed by atoms with E-state index >= 15 is 0 Å². The van der Waals surface area contributed by atoms with Crippen LogP contribution in [-0.2, 0) is 19.1 Å². The van der Waals surface area contributed by atoms with Crippen LogP contribution in [0.25, 0.3) is 6.08 Å². The lowest BCUT2D eigenvalue weighted by molar-refractivity contribution is -0.154. The Morgan fingerprint density at radius 3 is 2.38 bits per heavy atom. The molecule has 1 aromatic rings. The Labute approximate surface area is 123 Å². The first-order chi connectivity index (χ1) is 9.97. The van der Waals surface area contributed by atoms with Crippen LogP contribution in [0.4, 0.5) is 5.69 Å². The molecule has 6 heteroatoms. The number of anilines is 1. The molecule has 1 rings (SSSR count). The van der Waals surface area contributed by atoms with Gasteiger partial charge in [0.15, 0.2) is 6.61 Å². The molecule has 0 unspecified atom stereocenters. The van der Waals surface area contributed by atoms with Crippen molar-refractivity contribution in [1.82, 2.24) is 0 Å². The van der Waals surface area contributed by atoms with Crippen molar-refractivity contribution in [1.29, 1.82) is 5.26 Å². The Kier molecular flexibility index (Phi) is 5.96. The third kappa shape index (κ3) is 4.99. The van der Waals surface area contributed by atoms with E-state index in [9.17, 15) is 9.59 Å². The van der Waals surface area contributed by atoms with Gasteiger partial charge in [-0.1, -0.05) is 12.1 Å². The fourth-order valence-electron chi connectivity index (χ4n) is 1.43. The van der Waals surface area contributed by atoms with Gasteiger partial charge in [-0.3, -0.25) is 0 Å². The first kappa shape index (κ1) is 16.2. The topological polar surface area (TPSA) is 79.6 Å². The number of hydrogen-bond donors (Lipinski definition) is 0. The second kappa shape index (κ2) is 7.70. The van der Waals surface area contributed by atoms with Gasteiger partial charge in [0.1, 0.15) is 11.6 Å². The van der Waals surface area contributed by atoms with Crippen LogP contribution in [0.5, 0.6) is 0 Å². The zero-order chi connectivity index (χ0) is 15.8. The zero-order valence-electron chi connectivity index (χ0n) is 12.1. The van der Waals surface area contributed by atoms with Gasteiger partial charge in [0.25, 0.3) is 0 Å². The van der Waals surface area contributed by atoms with Crippen LogP contribution >= 0.6 is 0 Å². The van der Waals surface area contributed by atoms with Gasteiger partial charge < -0.3 is 14.4 Å². The number of rotatable bonds is 5. The predicted molar refractivity (Wildman–Crippen MR) is 77.3 cm³/mol. The highest BCUT2D eigenvalue weighted by molar-refractivity contribution is 5.98. The van der Waals surface area contributed by atoms with Crippen molar-refractivity contribution in [2.24, 2.45) is 0 Å². The molecule has 0 bridgehead atoms. The molecular formula is C15H16N2O4. The van der Waals surface area contributed by atoms with Crippen LogP contribution in [0.15, 0.2) is 29.8 Å². The average molecular weight is 288 g/mol. The van der Waals surface area contributed by atoms with E-state index in [4.69, 9.17) is 5.26 Å². The minimum Gasteiger partial charge on any atom is -0.466 e. The molecule has 0 atom stereocenters. The van der Waals surface area contributed by atoms with Gasteiger partial charge in [-0.15, -0.1) is 0 Å². The monoisotopic (exact) mass is 288 g/mol. The van der Waals surface area contributed by atoms with Crippen LogP contribution < -0.4 is 4.90 Å². The number of ether oxygens (including phenoxy) is 2. The summed E-state index contributed by atoms with van der Waals surface area (Å²) in [6.45, 7) is -0.520. The molecule has 110 valence electrons. The van der Waals surface area contributed by atoms with E-state index in [2.05, 4.69) is 9.47 Å². The van der Waals surface area contributed by atoms with Gasteiger partial charge in [0.2, 0.25) is 0 Å². The van der Waals surface area contributed by atoms with Crippen LogP contribution in [0.3, 0.4) is 0 Å². The van der Waals surface area contributed by atoms with Crippen LogP contribution in [0.1, 0.15) is 5.56 Å². The summed E-state index contributed by atoms with van der Waals surface area (Å²) in [7, 11) is 5.01. The molecule has 1 aromatic carbocycles. The Bertz CT molecular complexity index is 583. The number of methoxy groups -OCH3 is 1. The maximum Gasteiger partial charge on any atom is 0.349 e. The second-order valence-corrected chi connectivity index (χ2v) is 4.31. The number of hydrogen-bond acceptors (Lipinski definition) is 6. The summed E-state index contributed by atoms with van der Waals surface area (Å²) in [6.07, 6.45) is 1.40. The average Bonchev–Trinajstić information content (AvgIpc) is 2.50. The van der Waals surface area contributed by atoms with Gasteiger partial charge in [0, 0.05) is 19.8 Å². The van der Waals surface area contributed by atoms with E-state index < -0.39 is 18.5 Å². The van der Waals surface area contributed by atoms with E-state index in [0.717, 1.165) is 5.69 Å². The molecule has 21 heavy (non-hydrogen) atoms. The summed E-state index contributed by atoms with van der Waals surface area (Å²) in [5.74, 6) is -1.55. The quantitative estimate of drug-likeness (QED) is 0.462. The van der Waals surface area contributed by atoms with Crippen molar-refractivity contribution in [3.05, 3.63) is 35.4 Å². The fraction of sp³-hybridized carbons (Fsp3) is 0.267. The lowest BCUT2D eigenvalue weighted by Gasteiger charge is -2.11. The Balaban J connectivity index is 2.81. The Morgan fingerprint density at radius 1 is 1.29 bits per heavy atom. The molecule has 0 aliphatic rings. The standard InChI is InChI=1S/C15H16N2O4/c1-17(2)13-6-4-11(5-7-13)8-12(9-16)15(19)21-10-14(18)20-3/h4-8H,10H2,1-3H3/b12-8+. The van der Waals surface area contributed by atoms with E-state index in [-0.39, 0.29) is 5.57 Å². The Hall–Kier alpha value is -2.81. The van der Waals surface area contributed by atoms with E-state index in [1.54, 1.807) is 18.2 Å². The summed E-state index contributed by atoms with van der Waals surface area (Å²) in [5.41, 5.74) is 1.50. The highest BCUT2D eigenvalue weighted by Gasteiger charge is 2.13. The smallest absolute Gasteiger partial charge is 0.349 e. The van der Waals surface area contributed by atoms with Crippen molar-refractivity contribution < 1.29 is 19.1 Å². The summed E-state index contributed by atoms with van der Waals surface area (Å²) in [6, 6.07) is 9.03. The molecule has 0 N–H and O–H groups in total. The zero-order valence-corrected chi connectivity index (χ0v) is 12.1. The lowest BCUT2D eigenvalue weighted by Crippen LogP contribution is -2.15. The summed E-state index contributed by atoms with van der Waals surface area (Å²) in [4.78, 5) is 24.5. The van der Waals surface area contributed by atoms with Gasteiger partial charge in [-0.2, -0.15) is 5.26 Å². The number of carbonyl (C=O) groups is 2. The minimum atomic E-state index is -0.861.